The Kier molecular flexibility index (Phi) is 4.43. The molecule has 1 heterocycles. The molecule has 0 aliphatic carbocycles. The lowest BCUT2D eigenvalue weighted by molar-refractivity contribution is 0.0925. The van der Waals surface area contributed by atoms with Crippen molar-refractivity contribution >= 4 is 5.91 Å². The average molecular weight is 221 g/mol. The maximum absolute atomic E-state index is 11.8. The number of pyridine rings is 1. The van der Waals surface area contributed by atoms with E-state index in [9.17, 15) is 4.79 Å². The SMILES string of the molecule is CC(C)C(C)NC(=O)c1ccc(CN)cn1. The van der Waals surface area contributed by atoms with Crippen molar-refractivity contribution in [2.24, 2.45) is 11.7 Å². The number of hydrogen-bond acceptors (Lipinski definition) is 3. The summed E-state index contributed by atoms with van der Waals surface area (Å²) in [5, 5.41) is 2.90. The Morgan fingerprint density at radius 3 is 2.56 bits per heavy atom. The average Bonchev–Trinajstić information content (AvgIpc) is 2.28. The van der Waals surface area contributed by atoms with E-state index in [2.05, 4.69) is 24.1 Å². The molecule has 0 spiro atoms. The molecule has 4 nitrogen and oxygen atoms in total. The van der Waals surface area contributed by atoms with E-state index in [1.165, 1.54) is 0 Å². The minimum Gasteiger partial charge on any atom is -0.348 e. The molecule has 16 heavy (non-hydrogen) atoms. The molecule has 0 radical (unpaired) electrons. The fourth-order valence-corrected chi connectivity index (χ4v) is 1.13. The molecule has 0 aromatic carbocycles. The summed E-state index contributed by atoms with van der Waals surface area (Å²) in [7, 11) is 0. The molecule has 1 amide bonds. The highest BCUT2D eigenvalue weighted by Gasteiger charge is 2.13. The maximum atomic E-state index is 11.8. The van der Waals surface area contributed by atoms with Crippen LogP contribution in [0.1, 0.15) is 36.8 Å². The highest BCUT2D eigenvalue weighted by molar-refractivity contribution is 5.92. The van der Waals surface area contributed by atoms with Crippen LogP contribution < -0.4 is 11.1 Å². The van der Waals surface area contributed by atoms with Gasteiger partial charge >= 0.3 is 0 Å². The number of nitrogens with one attached hydrogen (secondary N) is 1. The number of amides is 1. The number of aromatic nitrogens is 1. The number of carbonyl (C=O) groups is 1. The summed E-state index contributed by atoms with van der Waals surface area (Å²) in [6, 6.07) is 3.66. The molecular weight excluding hydrogens is 202 g/mol. The molecule has 1 unspecified atom stereocenters. The van der Waals surface area contributed by atoms with Gasteiger partial charge in [0.15, 0.2) is 0 Å². The molecule has 4 heteroatoms. The van der Waals surface area contributed by atoms with Crippen LogP contribution in [0.4, 0.5) is 0 Å². The van der Waals surface area contributed by atoms with Crippen molar-refractivity contribution < 1.29 is 4.79 Å². The lowest BCUT2D eigenvalue weighted by Gasteiger charge is -2.16. The Bertz CT molecular complexity index is 346. The van der Waals surface area contributed by atoms with Crippen molar-refractivity contribution in [2.45, 2.75) is 33.4 Å². The largest absolute Gasteiger partial charge is 0.348 e. The van der Waals surface area contributed by atoms with Gasteiger partial charge in [0.1, 0.15) is 5.69 Å². The van der Waals surface area contributed by atoms with Gasteiger partial charge in [-0.1, -0.05) is 19.9 Å². The third kappa shape index (κ3) is 3.31. The number of rotatable bonds is 4. The van der Waals surface area contributed by atoms with Gasteiger partial charge in [0, 0.05) is 18.8 Å². The van der Waals surface area contributed by atoms with Crippen LogP contribution in [0.15, 0.2) is 18.3 Å². The van der Waals surface area contributed by atoms with E-state index >= 15 is 0 Å². The molecule has 1 rings (SSSR count). The van der Waals surface area contributed by atoms with Crippen LogP contribution in [-0.4, -0.2) is 16.9 Å². The summed E-state index contributed by atoms with van der Waals surface area (Å²) in [5.74, 6) is 0.275. The fraction of sp³-hybridized carbons (Fsp3) is 0.500. The zero-order chi connectivity index (χ0) is 12.1. The summed E-state index contributed by atoms with van der Waals surface area (Å²) < 4.78 is 0. The van der Waals surface area contributed by atoms with Gasteiger partial charge in [-0.05, 0) is 24.5 Å². The van der Waals surface area contributed by atoms with Crippen molar-refractivity contribution in [3.63, 3.8) is 0 Å². The normalized spacial score (nSPS) is 12.6. The monoisotopic (exact) mass is 221 g/mol. The quantitative estimate of drug-likeness (QED) is 0.805. The van der Waals surface area contributed by atoms with Gasteiger partial charge in [0.05, 0.1) is 0 Å². The van der Waals surface area contributed by atoms with E-state index in [-0.39, 0.29) is 11.9 Å². The summed E-state index contributed by atoms with van der Waals surface area (Å²) in [4.78, 5) is 15.8. The van der Waals surface area contributed by atoms with Gasteiger partial charge in [0.2, 0.25) is 0 Å². The van der Waals surface area contributed by atoms with Crippen LogP contribution in [0.5, 0.6) is 0 Å². The van der Waals surface area contributed by atoms with Crippen LogP contribution >= 0.6 is 0 Å². The van der Waals surface area contributed by atoms with E-state index in [4.69, 9.17) is 5.73 Å². The smallest absolute Gasteiger partial charge is 0.270 e. The Hall–Kier alpha value is -1.42. The molecular formula is C12H19N3O. The van der Waals surface area contributed by atoms with Gasteiger partial charge in [-0.3, -0.25) is 9.78 Å². The predicted octanol–water partition coefficient (Wildman–Crippen LogP) is 1.31. The molecule has 0 aliphatic heterocycles. The first-order valence-electron chi connectivity index (χ1n) is 5.50. The second-order valence-corrected chi connectivity index (χ2v) is 4.26. The van der Waals surface area contributed by atoms with Crippen LogP contribution in [-0.2, 0) is 6.54 Å². The fourth-order valence-electron chi connectivity index (χ4n) is 1.13. The van der Waals surface area contributed by atoms with Gasteiger partial charge in [-0.2, -0.15) is 0 Å². The van der Waals surface area contributed by atoms with Crippen molar-refractivity contribution in [1.82, 2.24) is 10.3 Å². The number of nitrogens with two attached hydrogens (primary N) is 1. The van der Waals surface area contributed by atoms with E-state index in [0.717, 1.165) is 5.56 Å². The first-order valence-corrected chi connectivity index (χ1v) is 5.50. The summed E-state index contributed by atoms with van der Waals surface area (Å²) in [5.41, 5.74) is 6.82. The van der Waals surface area contributed by atoms with Gasteiger partial charge < -0.3 is 11.1 Å². The van der Waals surface area contributed by atoms with Gasteiger partial charge in [-0.25, -0.2) is 0 Å². The highest BCUT2D eigenvalue weighted by Crippen LogP contribution is 2.03. The number of nitrogens with zero attached hydrogens (tertiary/aromatic N) is 1. The first kappa shape index (κ1) is 12.6. The number of carbonyl (C=O) groups excluding carboxylic acids is 1. The topological polar surface area (TPSA) is 68.0 Å². The minimum absolute atomic E-state index is 0.134. The Morgan fingerprint density at radius 1 is 1.44 bits per heavy atom. The van der Waals surface area contributed by atoms with Crippen LogP contribution in [0, 0.1) is 5.92 Å². The summed E-state index contributed by atoms with van der Waals surface area (Å²) >= 11 is 0. The molecule has 1 aromatic rings. The molecule has 88 valence electrons. The minimum atomic E-state index is -0.134. The molecule has 1 atom stereocenters. The molecule has 3 N–H and O–H groups in total. The van der Waals surface area contributed by atoms with Crippen molar-refractivity contribution in [3.05, 3.63) is 29.6 Å². The molecule has 0 bridgehead atoms. The summed E-state index contributed by atoms with van der Waals surface area (Å²) in [6.45, 7) is 6.56. The Labute approximate surface area is 96.3 Å². The Balaban J connectivity index is 2.66. The van der Waals surface area contributed by atoms with Gasteiger partial charge in [-0.15, -0.1) is 0 Å². The standard InChI is InChI=1S/C12H19N3O/c1-8(2)9(3)15-12(16)11-5-4-10(6-13)7-14-11/h4-5,7-9H,6,13H2,1-3H3,(H,15,16). The molecule has 0 aliphatic rings. The van der Waals surface area contributed by atoms with Crippen molar-refractivity contribution in [1.29, 1.82) is 0 Å². The zero-order valence-corrected chi connectivity index (χ0v) is 10.0. The molecule has 0 saturated carbocycles. The second kappa shape index (κ2) is 5.61. The maximum Gasteiger partial charge on any atom is 0.270 e. The molecule has 1 aromatic heterocycles. The van der Waals surface area contributed by atoms with Crippen LogP contribution in [0.3, 0.4) is 0 Å². The lowest BCUT2D eigenvalue weighted by atomic mass is 10.1. The third-order valence-electron chi connectivity index (χ3n) is 2.65. The first-order chi connectivity index (χ1) is 7.54. The van der Waals surface area contributed by atoms with Crippen molar-refractivity contribution in [3.8, 4) is 0 Å². The third-order valence-corrected chi connectivity index (χ3v) is 2.65. The van der Waals surface area contributed by atoms with E-state index in [1.54, 1.807) is 12.3 Å². The van der Waals surface area contributed by atoms with E-state index < -0.39 is 0 Å². The summed E-state index contributed by atoms with van der Waals surface area (Å²) in [6.07, 6.45) is 1.63. The molecule has 0 fully saturated rings. The second-order valence-electron chi connectivity index (χ2n) is 4.26. The van der Waals surface area contributed by atoms with Crippen LogP contribution in [0.2, 0.25) is 0 Å². The van der Waals surface area contributed by atoms with E-state index in [1.807, 2.05) is 13.0 Å². The van der Waals surface area contributed by atoms with Crippen LogP contribution in [0.25, 0.3) is 0 Å². The van der Waals surface area contributed by atoms with Crippen molar-refractivity contribution in [2.75, 3.05) is 0 Å². The van der Waals surface area contributed by atoms with Gasteiger partial charge in [0.25, 0.3) is 5.91 Å². The zero-order valence-electron chi connectivity index (χ0n) is 10.0. The number of hydrogen-bond donors (Lipinski definition) is 2. The Morgan fingerprint density at radius 2 is 2.12 bits per heavy atom. The van der Waals surface area contributed by atoms with E-state index in [0.29, 0.717) is 18.2 Å². The molecule has 0 saturated heterocycles. The predicted molar refractivity (Wildman–Crippen MR) is 63.9 cm³/mol. The highest BCUT2D eigenvalue weighted by atomic mass is 16.1. The lowest BCUT2D eigenvalue weighted by Crippen LogP contribution is -2.36.